The molecule has 3 heterocycles. The SMILES string of the molecule is Cc1nc(-c2ccccc2)sc1C(=O)C1=C(O)C(=O)N(CCN2CCOCC2)C1c1ccc(F)cc1. The molecule has 1 atom stereocenters. The van der Waals surface area contributed by atoms with Gasteiger partial charge in [0.1, 0.15) is 10.8 Å². The molecule has 2 aliphatic rings. The number of carbonyl (C=O) groups excluding carboxylic acids is 2. The second-order valence-electron chi connectivity index (χ2n) is 8.80. The Hall–Kier alpha value is -3.40. The van der Waals surface area contributed by atoms with Crippen molar-refractivity contribution in [2.24, 2.45) is 0 Å². The fraction of sp³-hybridized carbons (Fsp3) is 0.296. The molecule has 7 nitrogen and oxygen atoms in total. The number of ketones is 1. The predicted molar refractivity (Wildman–Crippen MR) is 134 cm³/mol. The van der Waals surface area contributed by atoms with Crippen molar-refractivity contribution in [3.8, 4) is 10.6 Å². The van der Waals surface area contributed by atoms with Crippen molar-refractivity contribution >= 4 is 23.0 Å². The monoisotopic (exact) mass is 507 g/mol. The van der Waals surface area contributed by atoms with Crippen LogP contribution in [0.2, 0.25) is 0 Å². The third-order valence-electron chi connectivity index (χ3n) is 6.52. The van der Waals surface area contributed by atoms with E-state index in [0.29, 0.717) is 47.4 Å². The number of hydrogen-bond acceptors (Lipinski definition) is 7. The molecule has 0 radical (unpaired) electrons. The Labute approximate surface area is 212 Å². The molecule has 3 aromatic rings. The molecule has 9 heteroatoms. The number of aryl methyl sites for hydroxylation is 1. The molecule has 186 valence electrons. The third-order valence-corrected chi connectivity index (χ3v) is 7.72. The molecule has 2 aliphatic heterocycles. The van der Waals surface area contributed by atoms with E-state index >= 15 is 0 Å². The lowest BCUT2D eigenvalue weighted by molar-refractivity contribution is -0.129. The Morgan fingerprint density at radius 1 is 1.11 bits per heavy atom. The number of carbonyl (C=O) groups is 2. The van der Waals surface area contributed by atoms with Crippen LogP contribution < -0.4 is 0 Å². The highest BCUT2D eigenvalue weighted by molar-refractivity contribution is 7.17. The van der Waals surface area contributed by atoms with E-state index in [1.807, 2.05) is 30.3 Å². The van der Waals surface area contributed by atoms with Crippen molar-refractivity contribution in [1.82, 2.24) is 14.8 Å². The van der Waals surface area contributed by atoms with Gasteiger partial charge in [-0.1, -0.05) is 42.5 Å². The normalized spacial score (nSPS) is 18.8. The molecule has 36 heavy (non-hydrogen) atoms. The quantitative estimate of drug-likeness (QED) is 0.484. The molecule has 1 amide bonds. The molecule has 0 bridgehead atoms. The van der Waals surface area contributed by atoms with Gasteiger partial charge < -0.3 is 14.7 Å². The number of nitrogens with zero attached hydrogens (tertiary/aromatic N) is 3. The molecule has 5 rings (SSSR count). The minimum absolute atomic E-state index is 0.0000488. The van der Waals surface area contributed by atoms with E-state index in [4.69, 9.17) is 4.74 Å². The number of aliphatic hydroxyl groups is 1. The number of aromatic nitrogens is 1. The standard InChI is InChI=1S/C27H26FN3O4S/c1-17-25(36-26(29-17)19-5-3-2-4-6-19)23(32)21-22(18-7-9-20(28)10-8-18)31(27(34)24(21)33)12-11-30-13-15-35-16-14-30/h2-10,22,33H,11-16H2,1H3. The minimum Gasteiger partial charge on any atom is -0.503 e. The van der Waals surface area contributed by atoms with Gasteiger partial charge in [0.2, 0.25) is 5.78 Å². The number of aliphatic hydroxyl groups excluding tert-OH is 1. The third kappa shape index (κ3) is 4.69. The van der Waals surface area contributed by atoms with Gasteiger partial charge in [-0.25, -0.2) is 9.37 Å². The van der Waals surface area contributed by atoms with Crippen LogP contribution in [-0.4, -0.2) is 71.0 Å². The average molecular weight is 508 g/mol. The smallest absolute Gasteiger partial charge is 0.290 e. The Bertz CT molecular complexity index is 1300. The Morgan fingerprint density at radius 2 is 1.81 bits per heavy atom. The van der Waals surface area contributed by atoms with Gasteiger partial charge in [0.05, 0.1) is 35.4 Å². The van der Waals surface area contributed by atoms with Crippen LogP contribution in [-0.2, 0) is 9.53 Å². The zero-order chi connectivity index (χ0) is 25.2. The molecule has 0 spiro atoms. The summed E-state index contributed by atoms with van der Waals surface area (Å²) in [4.78, 5) is 35.7. The van der Waals surface area contributed by atoms with E-state index in [0.717, 1.165) is 18.7 Å². The molecule has 0 saturated carbocycles. The predicted octanol–water partition coefficient (Wildman–Crippen LogP) is 4.17. The largest absolute Gasteiger partial charge is 0.503 e. The lowest BCUT2D eigenvalue weighted by Gasteiger charge is -2.31. The van der Waals surface area contributed by atoms with E-state index in [-0.39, 0.29) is 5.57 Å². The summed E-state index contributed by atoms with van der Waals surface area (Å²) in [6, 6.07) is 14.4. The molecule has 1 aromatic heterocycles. The Kier molecular flexibility index (Phi) is 6.95. The fourth-order valence-electron chi connectivity index (χ4n) is 4.62. The second-order valence-corrected chi connectivity index (χ2v) is 9.80. The molecular weight excluding hydrogens is 481 g/mol. The molecular formula is C27H26FN3O4S. The summed E-state index contributed by atoms with van der Waals surface area (Å²) in [6.07, 6.45) is 0. The lowest BCUT2D eigenvalue weighted by Crippen LogP contribution is -2.43. The van der Waals surface area contributed by atoms with Crippen molar-refractivity contribution in [1.29, 1.82) is 0 Å². The summed E-state index contributed by atoms with van der Waals surface area (Å²) >= 11 is 1.23. The Morgan fingerprint density at radius 3 is 2.50 bits per heavy atom. The van der Waals surface area contributed by atoms with Crippen molar-refractivity contribution in [3.05, 3.63) is 87.9 Å². The lowest BCUT2D eigenvalue weighted by atomic mass is 9.95. The Balaban J connectivity index is 1.49. The minimum atomic E-state index is -0.826. The van der Waals surface area contributed by atoms with Gasteiger partial charge in [-0.05, 0) is 24.6 Å². The number of hydrogen-bond donors (Lipinski definition) is 1. The summed E-state index contributed by atoms with van der Waals surface area (Å²) in [5, 5.41) is 11.6. The van der Waals surface area contributed by atoms with Crippen molar-refractivity contribution in [2.75, 3.05) is 39.4 Å². The highest BCUT2D eigenvalue weighted by Gasteiger charge is 2.44. The number of rotatable bonds is 7. The van der Waals surface area contributed by atoms with Crippen molar-refractivity contribution < 1.29 is 23.8 Å². The first kappa shape index (κ1) is 24.3. The first-order chi connectivity index (χ1) is 17.4. The van der Waals surface area contributed by atoms with E-state index in [9.17, 15) is 19.1 Å². The molecule has 1 fully saturated rings. The van der Waals surface area contributed by atoms with Gasteiger partial charge in [0, 0.05) is 31.7 Å². The van der Waals surface area contributed by atoms with Crippen molar-refractivity contribution in [3.63, 3.8) is 0 Å². The van der Waals surface area contributed by atoms with Crippen LogP contribution >= 0.6 is 11.3 Å². The van der Waals surface area contributed by atoms with Gasteiger partial charge >= 0.3 is 0 Å². The summed E-state index contributed by atoms with van der Waals surface area (Å²) in [7, 11) is 0. The number of benzene rings is 2. The number of morpholine rings is 1. The maximum atomic E-state index is 13.8. The first-order valence-electron chi connectivity index (χ1n) is 11.8. The highest BCUT2D eigenvalue weighted by Crippen LogP contribution is 2.41. The van der Waals surface area contributed by atoms with E-state index in [1.165, 1.54) is 28.4 Å². The van der Waals surface area contributed by atoms with Gasteiger partial charge in [-0.2, -0.15) is 0 Å². The highest BCUT2D eigenvalue weighted by atomic mass is 32.1. The number of Topliss-reactive ketones (excluding diaryl/α,β-unsaturated/α-hetero) is 1. The van der Waals surface area contributed by atoms with E-state index in [2.05, 4.69) is 9.88 Å². The average Bonchev–Trinajstić information content (AvgIpc) is 3.41. The van der Waals surface area contributed by atoms with Crippen LogP contribution in [0.3, 0.4) is 0 Å². The summed E-state index contributed by atoms with van der Waals surface area (Å²) in [5.41, 5.74) is 1.97. The van der Waals surface area contributed by atoms with E-state index in [1.54, 1.807) is 19.1 Å². The topological polar surface area (TPSA) is 83.0 Å². The van der Waals surface area contributed by atoms with Crippen LogP contribution in [0.4, 0.5) is 4.39 Å². The first-order valence-corrected chi connectivity index (χ1v) is 12.6. The number of amides is 1. The maximum Gasteiger partial charge on any atom is 0.290 e. The van der Waals surface area contributed by atoms with Crippen molar-refractivity contribution in [2.45, 2.75) is 13.0 Å². The van der Waals surface area contributed by atoms with Crippen LogP contribution in [0.25, 0.3) is 10.6 Å². The maximum absolute atomic E-state index is 13.8. The number of ether oxygens (including phenoxy) is 1. The molecule has 1 N–H and O–H groups in total. The van der Waals surface area contributed by atoms with Gasteiger partial charge in [0.25, 0.3) is 5.91 Å². The van der Waals surface area contributed by atoms with Gasteiger partial charge in [-0.3, -0.25) is 14.5 Å². The number of halogens is 1. The molecule has 0 aliphatic carbocycles. The molecule has 2 aromatic carbocycles. The molecule has 1 saturated heterocycles. The van der Waals surface area contributed by atoms with E-state index < -0.39 is 29.3 Å². The zero-order valence-corrected chi connectivity index (χ0v) is 20.6. The fourth-order valence-corrected chi connectivity index (χ4v) is 5.64. The number of thiazole rings is 1. The zero-order valence-electron chi connectivity index (χ0n) is 19.8. The molecule has 1 unspecified atom stereocenters. The van der Waals surface area contributed by atoms with Crippen LogP contribution in [0, 0.1) is 12.7 Å². The van der Waals surface area contributed by atoms with Gasteiger partial charge in [-0.15, -0.1) is 11.3 Å². The summed E-state index contributed by atoms with van der Waals surface area (Å²) in [5.74, 6) is -2.03. The summed E-state index contributed by atoms with van der Waals surface area (Å²) in [6.45, 7) is 5.35. The second kappa shape index (κ2) is 10.3. The van der Waals surface area contributed by atoms with Crippen LogP contribution in [0.1, 0.15) is 27.0 Å². The summed E-state index contributed by atoms with van der Waals surface area (Å²) < 4.78 is 19.1. The van der Waals surface area contributed by atoms with Crippen LogP contribution in [0.5, 0.6) is 0 Å². The van der Waals surface area contributed by atoms with Crippen LogP contribution in [0.15, 0.2) is 65.9 Å². The van der Waals surface area contributed by atoms with Gasteiger partial charge in [0.15, 0.2) is 5.76 Å².